The van der Waals surface area contributed by atoms with E-state index in [-0.39, 0.29) is 0 Å². The second-order valence-electron chi connectivity index (χ2n) is 5.07. The Morgan fingerprint density at radius 2 is 1.71 bits per heavy atom. The Morgan fingerprint density at radius 3 is 2.38 bits per heavy atom. The molecule has 0 aliphatic rings. The van der Waals surface area contributed by atoms with E-state index in [0.29, 0.717) is 12.5 Å². The van der Waals surface area contributed by atoms with Crippen LogP contribution in [0.2, 0.25) is 0 Å². The lowest BCUT2D eigenvalue weighted by Crippen LogP contribution is -2.07. The van der Waals surface area contributed by atoms with Gasteiger partial charge in [-0.3, -0.25) is 4.98 Å². The minimum Gasteiger partial charge on any atom is -0.349 e. The lowest BCUT2D eigenvalue weighted by atomic mass is 10.1. The van der Waals surface area contributed by atoms with Crippen LogP contribution in [0.25, 0.3) is 22.5 Å². The van der Waals surface area contributed by atoms with Crippen LogP contribution >= 0.6 is 22.7 Å². The van der Waals surface area contributed by atoms with Gasteiger partial charge in [-0.1, -0.05) is 6.07 Å². The molecule has 0 aromatic carbocycles. The Hall–Kier alpha value is -2.64. The van der Waals surface area contributed by atoms with E-state index in [1.54, 1.807) is 28.9 Å². The summed E-state index contributed by atoms with van der Waals surface area (Å²) in [5.41, 5.74) is 4.82. The van der Waals surface area contributed by atoms with Crippen molar-refractivity contribution in [3.05, 3.63) is 63.7 Å². The van der Waals surface area contributed by atoms with Gasteiger partial charge in [0.05, 0.1) is 0 Å². The number of hydrogen-bond acceptors (Lipinski definition) is 7. The number of anilines is 1. The zero-order valence-electron chi connectivity index (χ0n) is 12.6. The summed E-state index contributed by atoms with van der Waals surface area (Å²) in [6.45, 7) is 0.608. The van der Waals surface area contributed by atoms with Crippen LogP contribution in [0.5, 0.6) is 0 Å². The largest absolute Gasteiger partial charge is 0.349 e. The first kappa shape index (κ1) is 14.9. The summed E-state index contributed by atoms with van der Waals surface area (Å²) < 4.78 is 0. The number of pyridine rings is 1. The van der Waals surface area contributed by atoms with E-state index in [1.807, 2.05) is 35.2 Å². The van der Waals surface area contributed by atoms with Gasteiger partial charge in [0.25, 0.3) is 0 Å². The van der Waals surface area contributed by atoms with Gasteiger partial charge < -0.3 is 5.32 Å². The molecule has 0 saturated heterocycles. The molecule has 4 rings (SSSR count). The molecule has 0 spiro atoms. The molecule has 0 aliphatic heterocycles. The summed E-state index contributed by atoms with van der Waals surface area (Å²) in [6, 6.07) is 8.00. The molecule has 4 aromatic rings. The monoisotopic (exact) mass is 351 g/mol. The molecule has 0 saturated carbocycles. The molecule has 5 nitrogen and oxygen atoms in total. The first-order valence-electron chi connectivity index (χ1n) is 7.33. The van der Waals surface area contributed by atoms with Crippen LogP contribution in [0.1, 0.15) is 5.56 Å². The van der Waals surface area contributed by atoms with Gasteiger partial charge in [-0.2, -0.15) is 22.7 Å². The first-order valence-corrected chi connectivity index (χ1v) is 9.21. The van der Waals surface area contributed by atoms with Gasteiger partial charge in [0.2, 0.25) is 5.95 Å². The molecule has 0 radical (unpaired) electrons. The average molecular weight is 351 g/mol. The smallest absolute Gasteiger partial charge is 0.243 e. The van der Waals surface area contributed by atoms with E-state index in [2.05, 4.69) is 37.3 Å². The molecule has 24 heavy (non-hydrogen) atoms. The van der Waals surface area contributed by atoms with E-state index in [0.717, 1.165) is 28.1 Å². The van der Waals surface area contributed by atoms with Crippen molar-refractivity contribution in [1.82, 2.24) is 20.2 Å². The third kappa shape index (κ3) is 3.17. The third-order valence-corrected chi connectivity index (χ3v) is 4.82. The van der Waals surface area contributed by atoms with Crippen LogP contribution in [0.4, 0.5) is 5.95 Å². The lowest BCUT2D eigenvalue weighted by Gasteiger charge is -2.08. The van der Waals surface area contributed by atoms with Crippen LogP contribution < -0.4 is 5.32 Å². The van der Waals surface area contributed by atoms with Crippen molar-refractivity contribution in [3.8, 4) is 22.5 Å². The summed E-state index contributed by atoms with van der Waals surface area (Å²) in [5.74, 6) is 0.513. The molecule has 7 heteroatoms. The van der Waals surface area contributed by atoms with E-state index >= 15 is 0 Å². The average Bonchev–Trinajstić information content (AvgIpc) is 3.34. The minimum atomic E-state index is 0.513. The zero-order valence-corrected chi connectivity index (χ0v) is 14.2. The van der Waals surface area contributed by atoms with Gasteiger partial charge in [-0.25, -0.2) is 4.98 Å². The fourth-order valence-corrected chi connectivity index (χ4v) is 3.56. The summed E-state index contributed by atoms with van der Waals surface area (Å²) in [4.78, 5) is 8.80. The summed E-state index contributed by atoms with van der Waals surface area (Å²) in [5, 5.41) is 20.1. The van der Waals surface area contributed by atoms with E-state index in [1.165, 1.54) is 0 Å². The number of nitrogens with one attached hydrogen (secondary N) is 1. The topological polar surface area (TPSA) is 63.6 Å². The second-order valence-corrected chi connectivity index (χ2v) is 6.63. The maximum atomic E-state index is 4.69. The number of thiophene rings is 2. The molecule has 1 N–H and O–H groups in total. The van der Waals surface area contributed by atoms with Crippen LogP contribution in [-0.2, 0) is 6.54 Å². The second kappa shape index (κ2) is 6.86. The fourth-order valence-electron chi connectivity index (χ4n) is 2.28. The van der Waals surface area contributed by atoms with Crippen LogP contribution in [0.3, 0.4) is 0 Å². The molecule has 0 bridgehead atoms. The molecule has 0 aliphatic carbocycles. The maximum Gasteiger partial charge on any atom is 0.243 e. The van der Waals surface area contributed by atoms with E-state index in [9.17, 15) is 0 Å². The third-order valence-electron chi connectivity index (χ3n) is 3.45. The standard InChI is InChI=1S/C17H13N5S2/c1-2-12(8-18-5-1)9-19-17-20-15(13-3-6-23-10-13)16(21-22-17)14-4-7-24-11-14/h1-8,10-11H,9H2,(H,19,20,22). The highest BCUT2D eigenvalue weighted by Gasteiger charge is 2.14. The molecule has 0 atom stereocenters. The predicted molar refractivity (Wildman–Crippen MR) is 98.0 cm³/mol. The van der Waals surface area contributed by atoms with Crippen LogP contribution in [-0.4, -0.2) is 20.2 Å². The zero-order chi connectivity index (χ0) is 16.2. The van der Waals surface area contributed by atoms with Gasteiger partial charge in [-0.05, 0) is 34.5 Å². The highest BCUT2D eigenvalue weighted by molar-refractivity contribution is 7.08. The summed E-state index contributed by atoms with van der Waals surface area (Å²) in [7, 11) is 0. The quantitative estimate of drug-likeness (QED) is 0.579. The Labute approximate surface area is 147 Å². The maximum absolute atomic E-state index is 4.69. The SMILES string of the molecule is c1cncc(CNc2nnc(-c3ccsc3)c(-c3ccsc3)n2)c1. The normalized spacial score (nSPS) is 10.7. The predicted octanol–water partition coefficient (Wildman–Crippen LogP) is 4.34. The van der Waals surface area contributed by atoms with E-state index in [4.69, 9.17) is 4.98 Å². The minimum absolute atomic E-state index is 0.513. The molecular weight excluding hydrogens is 338 g/mol. The highest BCUT2D eigenvalue weighted by Crippen LogP contribution is 2.31. The number of rotatable bonds is 5. The van der Waals surface area contributed by atoms with Gasteiger partial charge in [0.15, 0.2) is 0 Å². The van der Waals surface area contributed by atoms with Crippen LogP contribution in [0.15, 0.2) is 58.2 Å². The fraction of sp³-hybridized carbons (Fsp3) is 0.0588. The van der Waals surface area contributed by atoms with Crippen molar-refractivity contribution >= 4 is 28.6 Å². The van der Waals surface area contributed by atoms with Crippen molar-refractivity contribution in [2.75, 3.05) is 5.32 Å². The lowest BCUT2D eigenvalue weighted by molar-refractivity contribution is 0.953. The Bertz CT molecular complexity index is 906. The molecule has 4 aromatic heterocycles. The van der Waals surface area contributed by atoms with Gasteiger partial charge in [0, 0.05) is 40.8 Å². The molecule has 0 amide bonds. The van der Waals surface area contributed by atoms with Crippen molar-refractivity contribution in [3.63, 3.8) is 0 Å². The van der Waals surface area contributed by atoms with Crippen molar-refractivity contribution < 1.29 is 0 Å². The Kier molecular flexibility index (Phi) is 4.26. The van der Waals surface area contributed by atoms with Crippen molar-refractivity contribution in [2.24, 2.45) is 0 Å². The van der Waals surface area contributed by atoms with Gasteiger partial charge >= 0.3 is 0 Å². The van der Waals surface area contributed by atoms with Crippen molar-refractivity contribution in [2.45, 2.75) is 6.54 Å². The first-order chi connectivity index (χ1) is 11.9. The Balaban J connectivity index is 1.66. The molecule has 0 fully saturated rings. The van der Waals surface area contributed by atoms with Gasteiger partial charge in [0.1, 0.15) is 11.4 Å². The molecule has 4 heterocycles. The number of nitrogens with zero attached hydrogens (tertiary/aromatic N) is 4. The Morgan fingerprint density at radius 1 is 0.917 bits per heavy atom. The van der Waals surface area contributed by atoms with Crippen LogP contribution in [0, 0.1) is 0 Å². The molecule has 0 unspecified atom stereocenters. The van der Waals surface area contributed by atoms with Crippen molar-refractivity contribution in [1.29, 1.82) is 0 Å². The van der Waals surface area contributed by atoms with Gasteiger partial charge in [-0.15, -0.1) is 10.2 Å². The highest BCUT2D eigenvalue weighted by atomic mass is 32.1. The molecular formula is C17H13N5S2. The molecule has 118 valence electrons. The number of aromatic nitrogens is 4. The van der Waals surface area contributed by atoms with E-state index < -0.39 is 0 Å². The number of hydrogen-bond donors (Lipinski definition) is 1. The summed E-state index contributed by atoms with van der Waals surface area (Å²) >= 11 is 3.28. The summed E-state index contributed by atoms with van der Waals surface area (Å²) in [6.07, 6.45) is 3.58.